The van der Waals surface area contributed by atoms with Crippen LogP contribution in [0.5, 0.6) is 0 Å². The Hall–Kier alpha value is -0.770. The van der Waals surface area contributed by atoms with E-state index >= 15 is 0 Å². The molecule has 2 nitrogen and oxygen atoms in total. The SMILES string of the molecule is Clc1ccc(C(NCC2CCCC2)c2ccco2)s1. The van der Waals surface area contributed by atoms with Crippen molar-refractivity contribution in [2.45, 2.75) is 31.7 Å². The highest BCUT2D eigenvalue weighted by Crippen LogP contribution is 2.32. The topological polar surface area (TPSA) is 25.2 Å². The van der Waals surface area contributed by atoms with Crippen LogP contribution in [0.1, 0.15) is 42.4 Å². The van der Waals surface area contributed by atoms with Crippen molar-refractivity contribution in [2.24, 2.45) is 5.92 Å². The van der Waals surface area contributed by atoms with E-state index in [0.29, 0.717) is 0 Å². The smallest absolute Gasteiger partial charge is 0.126 e. The van der Waals surface area contributed by atoms with Crippen LogP contribution < -0.4 is 5.32 Å². The molecule has 102 valence electrons. The summed E-state index contributed by atoms with van der Waals surface area (Å²) in [4.78, 5) is 1.22. The van der Waals surface area contributed by atoms with E-state index in [4.69, 9.17) is 16.0 Å². The number of halogens is 1. The fourth-order valence-electron chi connectivity index (χ4n) is 2.78. The van der Waals surface area contributed by atoms with Crippen molar-refractivity contribution in [3.8, 4) is 0 Å². The van der Waals surface area contributed by atoms with Gasteiger partial charge in [-0.2, -0.15) is 0 Å². The molecule has 1 atom stereocenters. The van der Waals surface area contributed by atoms with E-state index in [1.807, 2.05) is 18.2 Å². The van der Waals surface area contributed by atoms with Gasteiger partial charge in [0, 0.05) is 4.88 Å². The molecule has 1 aliphatic rings. The van der Waals surface area contributed by atoms with Crippen molar-refractivity contribution in [2.75, 3.05) is 6.54 Å². The van der Waals surface area contributed by atoms with Gasteiger partial charge in [0.1, 0.15) is 11.8 Å². The van der Waals surface area contributed by atoms with E-state index in [1.165, 1.54) is 30.6 Å². The van der Waals surface area contributed by atoms with Crippen molar-refractivity contribution >= 4 is 22.9 Å². The molecule has 2 aromatic rings. The zero-order valence-electron chi connectivity index (χ0n) is 10.8. The van der Waals surface area contributed by atoms with Gasteiger partial charge in [0.05, 0.1) is 10.6 Å². The van der Waals surface area contributed by atoms with Crippen LogP contribution in [0.3, 0.4) is 0 Å². The summed E-state index contributed by atoms with van der Waals surface area (Å²) in [6.07, 6.45) is 7.19. The lowest BCUT2D eigenvalue weighted by Crippen LogP contribution is -2.26. The minimum Gasteiger partial charge on any atom is -0.467 e. The Morgan fingerprint density at radius 2 is 2.16 bits per heavy atom. The van der Waals surface area contributed by atoms with Crippen LogP contribution in [0.25, 0.3) is 0 Å². The standard InChI is InChI=1S/C15H18ClNOS/c16-14-8-7-13(19-14)15(12-6-3-9-18-12)17-10-11-4-1-2-5-11/h3,6-9,11,15,17H,1-2,4-5,10H2. The van der Waals surface area contributed by atoms with Gasteiger partial charge in [-0.3, -0.25) is 0 Å². The Kier molecular flexibility index (Phi) is 4.26. The molecule has 1 unspecified atom stereocenters. The molecule has 4 heteroatoms. The van der Waals surface area contributed by atoms with Crippen LogP contribution in [0.2, 0.25) is 4.34 Å². The molecule has 0 spiro atoms. The molecular formula is C15H18ClNOS. The quantitative estimate of drug-likeness (QED) is 0.852. The van der Waals surface area contributed by atoms with E-state index in [0.717, 1.165) is 22.6 Å². The Labute approximate surface area is 122 Å². The number of furan rings is 1. The fraction of sp³-hybridized carbons (Fsp3) is 0.467. The lowest BCUT2D eigenvalue weighted by molar-refractivity contribution is 0.412. The minimum atomic E-state index is 0.132. The number of rotatable bonds is 5. The molecule has 2 aromatic heterocycles. The van der Waals surface area contributed by atoms with Crippen molar-refractivity contribution in [3.63, 3.8) is 0 Å². The molecule has 1 N–H and O–H groups in total. The second-order valence-corrected chi connectivity index (χ2v) is 6.90. The first-order valence-corrected chi connectivity index (χ1v) is 8.04. The zero-order chi connectivity index (χ0) is 13.1. The molecular weight excluding hydrogens is 278 g/mol. The van der Waals surface area contributed by atoms with Crippen molar-refractivity contribution in [3.05, 3.63) is 45.5 Å². The van der Waals surface area contributed by atoms with Crippen LogP contribution in [-0.4, -0.2) is 6.54 Å². The van der Waals surface area contributed by atoms with Crippen molar-refractivity contribution in [1.29, 1.82) is 0 Å². The van der Waals surface area contributed by atoms with Gasteiger partial charge in [-0.15, -0.1) is 11.3 Å². The first-order chi connectivity index (χ1) is 9.33. The molecule has 0 bridgehead atoms. The predicted octanol–water partition coefficient (Wildman–Crippen LogP) is 4.86. The average molecular weight is 296 g/mol. The predicted molar refractivity (Wildman–Crippen MR) is 79.8 cm³/mol. The van der Waals surface area contributed by atoms with Gasteiger partial charge in [-0.1, -0.05) is 24.4 Å². The van der Waals surface area contributed by atoms with Crippen LogP contribution >= 0.6 is 22.9 Å². The fourth-order valence-corrected chi connectivity index (χ4v) is 3.92. The largest absolute Gasteiger partial charge is 0.467 e. The van der Waals surface area contributed by atoms with Crippen LogP contribution in [0.15, 0.2) is 34.9 Å². The molecule has 0 radical (unpaired) electrons. The maximum absolute atomic E-state index is 6.05. The molecule has 3 rings (SSSR count). The molecule has 19 heavy (non-hydrogen) atoms. The normalized spacial score (nSPS) is 17.9. The number of thiophene rings is 1. The molecule has 1 saturated carbocycles. The summed E-state index contributed by atoms with van der Waals surface area (Å²) in [5.74, 6) is 1.78. The third kappa shape index (κ3) is 3.22. The first kappa shape index (κ1) is 13.2. The average Bonchev–Trinajstić information content (AvgIpc) is 3.11. The van der Waals surface area contributed by atoms with E-state index < -0.39 is 0 Å². The zero-order valence-corrected chi connectivity index (χ0v) is 12.3. The van der Waals surface area contributed by atoms with Crippen LogP contribution in [0, 0.1) is 5.92 Å². The van der Waals surface area contributed by atoms with Gasteiger partial charge < -0.3 is 9.73 Å². The molecule has 0 aliphatic heterocycles. The van der Waals surface area contributed by atoms with Gasteiger partial charge in [0.2, 0.25) is 0 Å². The van der Waals surface area contributed by atoms with E-state index in [9.17, 15) is 0 Å². The van der Waals surface area contributed by atoms with Gasteiger partial charge in [0.25, 0.3) is 0 Å². The highest BCUT2D eigenvalue weighted by Gasteiger charge is 2.21. The van der Waals surface area contributed by atoms with Crippen molar-refractivity contribution in [1.82, 2.24) is 5.32 Å². The monoisotopic (exact) mass is 295 g/mol. The van der Waals surface area contributed by atoms with Gasteiger partial charge >= 0.3 is 0 Å². The Morgan fingerprint density at radius 3 is 2.79 bits per heavy atom. The summed E-state index contributed by atoms with van der Waals surface area (Å²) in [5.41, 5.74) is 0. The summed E-state index contributed by atoms with van der Waals surface area (Å²) in [7, 11) is 0. The Balaban J connectivity index is 1.73. The minimum absolute atomic E-state index is 0.132. The summed E-state index contributed by atoms with van der Waals surface area (Å²) in [6, 6.07) is 8.14. The first-order valence-electron chi connectivity index (χ1n) is 6.85. The molecule has 0 aromatic carbocycles. The number of nitrogens with one attached hydrogen (secondary N) is 1. The molecule has 0 amide bonds. The third-order valence-electron chi connectivity index (χ3n) is 3.79. The maximum Gasteiger partial charge on any atom is 0.126 e. The second-order valence-electron chi connectivity index (χ2n) is 5.15. The molecule has 1 aliphatic carbocycles. The number of hydrogen-bond donors (Lipinski definition) is 1. The third-order valence-corrected chi connectivity index (χ3v) is 5.09. The summed E-state index contributed by atoms with van der Waals surface area (Å²) in [6.45, 7) is 1.06. The van der Waals surface area contributed by atoms with Gasteiger partial charge in [-0.05, 0) is 49.6 Å². The summed E-state index contributed by atoms with van der Waals surface area (Å²) in [5, 5.41) is 3.65. The second kappa shape index (κ2) is 6.12. The lowest BCUT2D eigenvalue weighted by Gasteiger charge is -2.18. The van der Waals surface area contributed by atoms with Gasteiger partial charge in [0.15, 0.2) is 0 Å². The Bertz CT molecular complexity index is 502. The van der Waals surface area contributed by atoms with E-state index in [2.05, 4.69) is 11.4 Å². The van der Waals surface area contributed by atoms with Crippen LogP contribution in [0.4, 0.5) is 0 Å². The number of hydrogen-bond acceptors (Lipinski definition) is 3. The Morgan fingerprint density at radius 1 is 1.32 bits per heavy atom. The highest BCUT2D eigenvalue weighted by molar-refractivity contribution is 7.16. The lowest BCUT2D eigenvalue weighted by atomic mass is 10.1. The summed E-state index contributed by atoms with van der Waals surface area (Å²) >= 11 is 7.67. The summed E-state index contributed by atoms with van der Waals surface area (Å²) < 4.78 is 6.40. The maximum atomic E-state index is 6.05. The van der Waals surface area contributed by atoms with Crippen LogP contribution in [-0.2, 0) is 0 Å². The van der Waals surface area contributed by atoms with E-state index in [-0.39, 0.29) is 6.04 Å². The molecule has 2 heterocycles. The van der Waals surface area contributed by atoms with Gasteiger partial charge in [-0.25, -0.2) is 0 Å². The molecule has 0 saturated heterocycles. The van der Waals surface area contributed by atoms with Crippen molar-refractivity contribution < 1.29 is 4.42 Å². The van der Waals surface area contributed by atoms with E-state index in [1.54, 1.807) is 17.6 Å². The molecule has 1 fully saturated rings. The highest BCUT2D eigenvalue weighted by atomic mass is 35.5.